The van der Waals surface area contributed by atoms with Gasteiger partial charge in [0.05, 0.1) is 12.5 Å². The van der Waals surface area contributed by atoms with Crippen LogP contribution < -0.4 is 4.74 Å². The molecule has 7 heteroatoms. The topological polar surface area (TPSA) is 32.8 Å². The lowest BCUT2D eigenvalue weighted by Crippen LogP contribution is -2.54. The molecule has 0 radical (unpaired) electrons. The quantitative estimate of drug-likeness (QED) is 0.699. The Morgan fingerprint density at radius 1 is 1.27 bits per heavy atom. The summed E-state index contributed by atoms with van der Waals surface area (Å²) in [4.78, 5) is 14.8. The van der Waals surface area contributed by atoms with Gasteiger partial charge in [0.2, 0.25) is 5.91 Å². The lowest BCUT2D eigenvalue weighted by molar-refractivity contribution is -0.164. The second kappa shape index (κ2) is 8.75. The fourth-order valence-electron chi connectivity index (χ4n) is 2.88. The van der Waals surface area contributed by atoms with Gasteiger partial charge < -0.3 is 9.64 Å². The third kappa shape index (κ3) is 6.52. The van der Waals surface area contributed by atoms with E-state index < -0.39 is 18.6 Å². The number of likely N-dealkylation sites (tertiary alicyclic amines) is 1. The highest BCUT2D eigenvalue weighted by Gasteiger charge is 2.38. The predicted molar refractivity (Wildman–Crippen MR) is 93.9 cm³/mol. The Labute approximate surface area is 152 Å². The SMILES string of the molecule is CC(C)CCOc1ccc(CN2CC(C(=O)N(C)CC(F)(F)F)C2)cc1. The van der Waals surface area contributed by atoms with E-state index in [4.69, 9.17) is 4.74 Å². The molecular formula is C19H27F3N2O2. The predicted octanol–water partition coefficient (Wildman–Crippen LogP) is 3.56. The van der Waals surface area contributed by atoms with E-state index in [1.165, 1.54) is 7.05 Å². The van der Waals surface area contributed by atoms with Crippen molar-refractivity contribution < 1.29 is 22.7 Å². The van der Waals surface area contributed by atoms with E-state index in [-0.39, 0.29) is 5.92 Å². The molecule has 1 aromatic carbocycles. The molecule has 1 heterocycles. The first-order valence-electron chi connectivity index (χ1n) is 8.90. The first kappa shape index (κ1) is 20.6. The maximum atomic E-state index is 12.4. The first-order valence-corrected chi connectivity index (χ1v) is 8.90. The van der Waals surface area contributed by atoms with Crippen LogP contribution in [0.15, 0.2) is 24.3 Å². The monoisotopic (exact) mass is 372 g/mol. The Balaban J connectivity index is 1.72. The van der Waals surface area contributed by atoms with E-state index in [9.17, 15) is 18.0 Å². The molecule has 1 amide bonds. The summed E-state index contributed by atoms with van der Waals surface area (Å²) in [5, 5.41) is 0. The highest BCUT2D eigenvalue weighted by Crippen LogP contribution is 2.23. The van der Waals surface area contributed by atoms with Gasteiger partial charge in [-0.25, -0.2) is 0 Å². The van der Waals surface area contributed by atoms with Gasteiger partial charge in [-0.1, -0.05) is 26.0 Å². The maximum Gasteiger partial charge on any atom is 0.406 e. The summed E-state index contributed by atoms with van der Waals surface area (Å²) in [6.07, 6.45) is -3.35. The number of halogens is 3. The summed E-state index contributed by atoms with van der Waals surface area (Å²) in [7, 11) is 1.20. The van der Waals surface area contributed by atoms with Crippen molar-refractivity contribution in [2.75, 3.05) is 33.3 Å². The Kier molecular flexibility index (Phi) is 6.92. The number of carbonyl (C=O) groups excluding carboxylic acids is 1. The van der Waals surface area contributed by atoms with Crippen LogP contribution in [-0.4, -0.2) is 55.2 Å². The molecule has 0 unspecified atom stereocenters. The van der Waals surface area contributed by atoms with Gasteiger partial charge in [0, 0.05) is 26.7 Å². The van der Waals surface area contributed by atoms with Crippen molar-refractivity contribution in [3.05, 3.63) is 29.8 Å². The summed E-state index contributed by atoms with van der Waals surface area (Å²) in [5.74, 6) is 0.653. The molecule has 0 aromatic heterocycles. The minimum absolute atomic E-state index is 0.346. The van der Waals surface area contributed by atoms with E-state index in [0.29, 0.717) is 32.2 Å². The summed E-state index contributed by atoms with van der Waals surface area (Å²) in [6, 6.07) is 7.82. The third-order valence-corrected chi connectivity index (χ3v) is 4.39. The van der Waals surface area contributed by atoms with Crippen LogP contribution in [0.5, 0.6) is 5.75 Å². The van der Waals surface area contributed by atoms with Crippen molar-refractivity contribution >= 4 is 5.91 Å². The standard InChI is InChI=1S/C19H27F3N2O2/c1-14(2)8-9-26-17-6-4-15(5-7-17)10-24-11-16(12-24)18(25)23(3)13-19(20,21)22/h4-7,14,16H,8-13H2,1-3H3. The second-order valence-electron chi connectivity index (χ2n) is 7.38. The Morgan fingerprint density at radius 2 is 1.88 bits per heavy atom. The Hall–Kier alpha value is -1.76. The van der Waals surface area contributed by atoms with Crippen LogP contribution in [0.3, 0.4) is 0 Å². The molecule has 0 spiro atoms. The number of amides is 1. The number of nitrogens with zero attached hydrogens (tertiary/aromatic N) is 2. The molecule has 0 aliphatic carbocycles. The van der Waals surface area contributed by atoms with Crippen molar-refractivity contribution in [3.8, 4) is 5.75 Å². The number of rotatable bonds is 8. The first-order chi connectivity index (χ1) is 12.1. The molecular weight excluding hydrogens is 345 g/mol. The summed E-state index contributed by atoms with van der Waals surface area (Å²) >= 11 is 0. The minimum atomic E-state index is -4.35. The zero-order valence-corrected chi connectivity index (χ0v) is 15.6. The number of benzene rings is 1. The maximum absolute atomic E-state index is 12.4. The van der Waals surface area contributed by atoms with Crippen LogP contribution in [0, 0.1) is 11.8 Å². The van der Waals surface area contributed by atoms with Crippen LogP contribution in [0.4, 0.5) is 13.2 Å². The van der Waals surface area contributed by atoms with Crippen LogP contribution in [0.1, 0.15) is 25.8 Å². The van der Waals surface area contributed by atoms with Gasteiger partial charge in [-0.15, -0.1) is 0 Å². The lowest BCUT2D eigenvalue weighted by Gasteiger charge is -2.40. The molecule has 0 atom stereocenters. The van der Waals surface area contributed by atoms with Crippen LogP contribution >= 0.6 is 0 Å². The minimum Gasteiger partial charge on any atom is -0.494 e. The van der Waals surface area contributed by atoms with Gasteiger partial charge in [-0.3, -0.25) is 9.69 Å². The van der Waals surface area contributed by atoms with Crippen molar-refractivity contribution in [2.45, 2.75) is 33.0 Å². The van der Waals surface area contributed by atoms with Gasteiger partial charge in [0.25, 0.3) is 0 Å². The van der Waals surface area contributed by atoms with Crippen LogP contribution in [0.2, 0.25) is 0 Å². The van der Waals surface area contributed by atoms with Gasteiger partial charge in [0.15, 0.2) is 0 Å². The van der Waals surface area contributed by atoms with Crippen LogP contribution in [-0.2, 0) is 11.3 Å². The van der Waals surface area contributed by atoms with Crippen molar-refractivity contribution in [1.82, 2.24) is 9.80 Å². The molecule has 26 heavy (non-hydrogen) atoms. The summed E-state index contributed by atoms with van der Waals surface area (Å²) in [5.41, 5.74) is 1.09. The van der Waals surface area contributed by atoms with E-state index in [1.807, 2.05) is 24.3 Å². The number of ether oxygens (including phenoxy) is 1. The molecule has 4 nitrogen and oxygen atoms in total. The van der Waals surface area contributed by atoms with Gasteiger partial charge >= 0.3 is 6.18 Å². The molecule has 0 bridgehead atoms. The molecule has 0 N–H and O–H groups in total. The van der Waals surface area contributed by atoms with E-state index in [1.54, 1.807) is 0 Å². The Bertz CT molecular complexity index is 581. The number of hydrogen-bond donors (Lipinski definition) is 0. The van der Waals surface area contributed by atoms with Gasteiger partial charge in [0.1, 0.15) is 12.3 Å². The second-order valence-corrected chi connectivity index (χ2v) is 7.38. The highest BCUT2D eigenvalue weighted by molar-refractivity contribution is 5.80. The van der Waals surface area contributed by atoms with E-state index >= 15 is 0 Å². The average Bonchev–Trinajstić information content (AvgIpc) is 2.49. The van der Waals surface area contributed by atoms with Crippen molar-refractivity contribution in [1.29, 1.82) is 0 Å². The smallest absolute Gasteiger partial charge is 0.406 e. The highest BCUT2D eigenvalue weighted by atomic mass is 19.4. The summed E-state index contributed by atoms with van der Waals surface area (Å²) in [6.45, 7) is 5.47. The van der Waals surface area contributed by atoms with Gasteiger partial charge in [-0.2, -0.15) is 13.2 Å². The number of hydrogen-bond acceptors (Lipinski definition) is 3. The lowest BCUT2D eigenvalue weighted by atomic mass is 9.97. The Morgan fingerprint density at radius 3 is 2.42 bits per heavy atom. The molecule has 1 saturated heterocycles. The third-order valence-electron chi connectivity index (χ3n) is 4.39. The average molecular weight is 372 g/mol. The van der Waals surface area contributed by atoms with Crippen molar-refractivity contribution in [2.24, 2.45) is 11.8 Å². The molecule has 2 rings (SSSR count). The largest absolute Gasteiger partial charge is 0.494 e. The zero-order valence-electron chi connectivity index (χ0n) is 15.6. The van der Waals surface area contributed by atoms with Crippen LogP contribution in [0.25, 0.3) is 0 Å². The molecule has 0 saturated carbocycles. The van der Waals surface area contributed by atoms with E-state index in [2.05, 4.69) is 18.7 Å². The van der Waals surface area contributed by atoms with Crippen molar-refractivity contribution in [3.63, 3.8) is 0 Å². The number of alkyl halides is 3. The number of carbonyl (C=O) groups is 1. The normalized spacial score (nSPS) is 15.8. The molecule has 1 aromatic rings. The van der Waals surface area contributed by atoms with Gasteiger partial charge in [-0.05, 0) is 30.0 Å². The fourth-order valence-corrected chi connectivity index (χ4v) is 2.88. The molecule has 1 fully saturated rings. The molecule has 146 valence electrons. The summed E-state index contributed by atoms with van der Waals surface area (Å²) < 4.78 is 42.7. The van der Waals surface area contributed by atoms with E-state index in [0.717, 1.165) is 22.6 Å². The molecule has 1 aliphatic rings. The fraction of sp³-hybridized carbons (Fsp3) is 0.632. The zero-order chi connectivity index (χ0) is 19.3. The molecule has 1 aliphatic heterocycles.